The molecule has 0 saturated heterocycles. The normalized spacial score (nSPS) is 50.7. The van der Waals surface area contributed by atoms with Crippen LogP contribution in [0.5, 0.6) is 0 Å². The van der Waals surface area contributed by atoms with Crippen LogP contribution in [-0.4, -0.2) is 54.2 Å². The van der Waals surface area contributed by atoms with E-state index in [1.54, 1.807) is 6.92 Å². The van der Waals surface area contributed by atoms with Gasteiger partial charge in [0.25, 0.3) is 0 Å². The van der Waals surface area contributed by atoms with Gasteiger partial charge in [-0.05, 0) is 91.6 Å². The molecular weight excluding hydrogens is 524 g/mol. The SMILES string of the molecule is COC(=O)/C(C)=C1\C(=O)[C@H](O)[C@]2(C)C3=C(C[C@H]4[C@]5(OC(=O)C(C)=C5C[C@H]5[C@@H](COC(C)=O)[C@@H]6C[C@@H]6[C@@]54C)[C@H]31)[C@@H]1C[C@@H]12. The molecule has 0 amide bonds. The van der Waals surface area contributed by atoms with Crippen LogP contribution in [0.3, 0.4) is 0 Å². The van der Waals surface area contributed by atoms with Crippen molar-refractivity contribution in [1.82, 2.24) is 0 Å². The van der Waals surface area contributed by atoms with Crippen LogP contribution in [0.25, 0.3) is 0 Å². The lowest BCUT2D eigenvalue weighted by molar-refractivity contribution is -0.179. The third-order valence-corrected chi connectivity index (χ3v) is 13.5. The van der Waals surface area contributed by atoms with E-state index in [0.29, 0.717) is 36.4 Å². The minimum Gasteiger partial charge on any atom is -0.466 e. The highest BCUT2D eigenvalue weighted by Crippen LogP contribution is 2.82. The number of fused-ring (bicyclic) bond motifs is 7. The van der Waals surface area contributed by atoms with E-state index in [-0.39, 0.29) is 52.2 Å². The van der Waals surface area contributed by atoms with Crippen LogP contribution in [0, 0.1) is 58.2 Å². The van der Waals surface area contributed by atoms with Gasteiger partial charge in [-0.25, -0.2) is 9.59 Å². The molecule has 7 aliphatic carbocycles. The average Bonchev–Trinajstić information content (AvgIpc) is 3.84. The molecule has 0 unspecified atom stereocenters. The molecule has 1 spiro atoms. The summed E-state index contributed by atoms with van der Waals surface area (Å²) >= 11 is 0. The number of aliphatic hydroxyl groups is 1. The smallest absolute Gasteiger partial charge is 0.334 e. The number of hydrogen-bond acceptors (Lipinski definition) is 8. The highest BCUT2D eigenvalue weighted by molar-refractivity contribution is 6.09. The van der Waals surface area contributed by atoms with Crippen LogP contribution in [0.15, 0.2) is 33.4 Å². The van der Waals surface area contributed by atoms with Gasteiger partial charge in [0.15, 0.2) is 5.78 Å². The Labute approximate surface area is 239 Å². The van der Waals surface area contributed by atoms with Crippen molar-refractivity contribution >= 4 is 23.7 Å². The number of carbonyl (C=O) groups excluding carboxylic acids is 4. The Morgan fingerprint density at radius 1 is 1.07 bits per heavy atom. The molecule has 5 fully saturated rings. The van der Waals surface area contributed by atoms with Crippen LogP contribution in [0.2, 0.25) is 0 Å². The number of Topliss-reactive ketones (excluding diaryl/α,β-unsaturated/α-hetero) is 1. The molecule has 12 atom stereocenters. The number of allylic oxidation sites excluding steroid dienone is 1. The summed E-state index contributed by atoms with van der Waals surface area (Å²) in [5, 5.41) is 11.6. The first-order valence-electron chi connectivity index (χ1n) is 15.2. The molecule has 1 aliphatic heterocycles. The fourth-order valence-electron chi connectivity index (χ4n) is 11.7. The van der Waals surface area contributed by atoms with E-state index in [4.69, 9.17) is 14.2 Å². The molecule has 0 aromatic rings. The molecule has 8 nitrogen and oxygen atoms in total. The minimum absolute atomic E-state index is 0.0849. The molecule has 8 aliphatic rings. The van der Waals surface area contributed by atoms with E-state index in [1.165, 1.54) is 19.6 Å². The highest BCUT2D eigenvalue weighted by atomic mass is 16.6. The fraction of sp³-hybridized carbons (Fsp3) is 0.697. The first-order chi connectivity index (χ1) is 19.3. The van der Waals surface area contributed by atoms with Crippen LogP contribution >= 0.6 is 0 Å². The zero-order valence-electron chi connectivity index (χ0n) is 24.5. The van der Waals surface area contributed by atoms with Gasteiger partial charge in [0, 0.05) is 35.0 Å². The van der Waals surface area contributed by atoms with E-state index in [1.807, 2.05) is 13.8 Å². The molecular formula is C33H38O8. The van der Waals surface area contributed by atoms with E-state index in [0.717, 1.165) is 30.4 Å². The summed E-state index contributed by atoms with van der Waals surface area (Å²) in [6, 6.07) is 0. The van der Waals surface area contributed by atoms with E-state index in [2.05, 4.69) is 6.92 Å². The van der Waals surface area contributed by atoms with Gasteiger partial charge in [0.2, 0.25) is 0 Å². The van der Waals surface area contributed by atoms with Crippen molar-refractivity contribution < 1.29 is 38.5 Å². The molecule has 0 radical (unpaired) electrons. The lowest BCUT2D eigenvalue weighted by atomic mass is 9.42. The second kappa shape index (κ2) is 7.61. The first-order valence-corrected chi connectivity index (χ1v) is 15.2. The maximum absolute atomic E-state index is 14.3. The van der Waals surface area contributed by atoms with Gasteiger partial charge in [-0.3, -0.25) is 9.59 Å². The predicted molar refractivity (Wildman–Crippen MR) is 144 cm³/mol. The molecule has 8 heteroatoms. The van der Waals surface area contributed by atoms with Crippen molar-refractivity contribution in [2.75, 3.05) is 13.7 Å². The summed E-state index contributed by atoms with van der Waals surface area (Å²) in [6.45, 7) is 9.63. The van der Waals surface area contributed by atoms with E-state index in [9.17, 15) is 24.3 Å². The second-order valence-corrected chi connectivity index (χ2v) is 14.6. The van der Waals surface area contributed by atoms with Crippen molar-refractivity contribution in [1.29, 1.82) is 0 Å². The van der Waals surface area contributed by atoms with Crippen LogP contribution in [0.1, 0.15) is 60.3 Å². The topological polar surface area (TPSA) is 116 Å². The summed E-state index contributed by atoms with van der Waals surface area (Å²) in [4.78, 5) is 52.7. The number of methoxy groups -OCH3 is 1. The quantitative estimate of drug-likeness (QED) is 0.241. The highest BCUT2D eigenvalue weighted by Gasteiger charge is 2.81. The second-order valence-electron chi connectivity index (χ2n) is 14.6. The van der Waals surface area contributed by atoms with Crippen molar-refractivity contribution in [2.45, 2.75) is 72.0 Å². The number of esters is 3. The largest absolute Gasteiger partial charge is 0.466 e. The van der Waals surface area contributed by atoms with Gasteiger partial charge in [0.05, 0.1) is 19.6 Å². The Morgan fingerprint density at radius 2 is 1.80 bits per heavy atom. The van der Waals surface area contributed by atoms with Gasteiger partial charge >= 0.3 is 17.9 Å². The van der Waals surface area contributed by atoms with Gasteiger partial charge in [-0.15, -0.1) is 0 Å². The summed E-state index contributed by atoms with van der Waals surface area (Å²) in [5.74, 6) is -0.620. The van der Waals surface area contributed by atoms with E-state index < -0.39 is 34.8 Å². The zero-order chi connectivity index (χ0) is 29.1. The molecule has 0 aromatic heterocycles. The Morgan fingerprint density at radius 3 is 2.49 bits per heavy atom. The lowest BCUT2D eigenvalue weighted by Crippen LogP contribution is -2.66. The van der Waals surface area contributed by atoms with Gasteiger partial charge in [-0.2, -0.15) is 0 Å². The van der Waals surface area contributed by atoms with Gasteiger partial charge in [-0.1, -0.05) is 19.4 Å². The summed E-state index contributed by atoms with van der Waals surface area (Å²) in [7, 11) is 1.30. The maximum atomic E-state index is 14.3. The third kappa shape index (κ3) is 2.69. The van der Waals surface area contributed by atoms with Crippen molar-refractivity contribution in [3.8, 4) is 0 Å². The molecule has 1 heterocycles. The number of ether oxygens (including phenoxy) is 3. The Kier molecular flexibility index (Phi) is 4.81. The zero-order valence-corrected chi connectivity index (χ0v) is 24.5. The summed E-state index contributed by atoms with van der Waals surface area (Å²) in [6.07, 6.45) is 2.14. The van der Waals surface area contributed by atoms with Crippen molar-refractivity contribution in [2.24, 2.45) is 58.2 Å². The Bertz CT molecular complexity index is 1480. The maximum Gasteiger partial charge on any atom is 0.334 e. The minimum atomic E-state index is -1.26. The number of hydrogen-bond donors (Lipinski definition) is 1. The summed E-state index contributed by atoms with van der Waals surface area (Å²) < 4.78 is 17.4. The average molecular weight is 563 g/mol. The molecule has 1 N–H and O–H groups in total. The molecule has 5 saturated carbocycles. The first kappa shape index (κ1) is 25.9. The standard InChI is InChI=1S/C33H38O8/c1-12-19-10-22-18(11-40-14(3)34)16-8-20(16)31(22,4)23-9-17-15-7-21(15)32(5)25(17)26(33(19,23)41-30(12)38)24(27(35)28(32)36)13(2)29(37)39-6/h15-16,18,20-23,26,28,36H,7-11H2,1-6H3/b24-13-/t15-,16-,18-,20-,21-,22-,23+,26-,28-,31-,32-,33-/m0/s1. The monoisotopic (exact) mass is 562 g/mol. The van der Waals surface area contributed by atoms with Crippen LogP contribution in [0.4, 0.5) is 0 Å². The Hall–Kier alpha value is -2.74. The third-order valence-electron chi connectivity index (χ3n) is 13.5. The molecule has 0 bridgehead atoms. The van der Waals surface area contributed by atoms with E-state index >= 15 is 0 Å². The number of aliphatic hydroxyl groups excluding tert-OH is 1. The fourth-order valence-corrected chi connectivity index (χ4v) is 11.7. The number of ketones is 1. The number of rotatable bonds is 3. The molecule has 8 rings (SSSR count). The van der Waals surface area contributed by atoms with Gasteiger partial charge in [0.1, 0.15) is 11.7 Å². The Balaban J connectivity index is 1.39. The van der Waals surface area contributed by atoms with Crippen molar-refractivity contribution in [3.63, 3.8) is 0 Å². The van der Waals surface area contributed by atoms with Crippen LogP contribution < -0.4 is 0 Å². The molecule has 41 heavy (non-hydrogen) atoms. The number of carbonyl (C=O) groups is 4. The summed E-state index contributed by atoms with van der Waals surface area (Å²) in [5.41, 5.74) is 2.26. The molecule has 0 aromatic carbocycles. The van der Waals surface area contributed by atoms with Crippen molar-refractivity contribution in [3.05, 3.63) is 33.4 Å². The lowest BCUT2D eigenvalue weighted by Gasteiger charge is -2.63. The predicted octanol–water partition coefficient (Wildman–Crippen LogP) is 3.48. The van der Waals surface area contributed by atoms with Crippen LogP contribution in [-0.2, 0) is 33.4 Å². The molecule has 218 valence electrons. The van der Waals surface area contributed by atoms with Gasteiger partial charge < -0.3 is 19.3 Å².